The number of rotatable bonds is 5. The summed E-state index contributed by atoms with van der Waals surface area (Å²) in [6.45, 7) is 6.85. The lowest BCUT2D eigenvalue weighted by atomic mass is 10.4. The Bertz CT molecular complexity index is 79.3. The van der Waals surface area contributed by atoms with E-state index < -0.39 is 0 Å². The van der Waals surface area contributed by atoms with Gasteiger partial charge in [0.1, 0.15) is 0 Å². The minimum absolute atomic E-state index is 0.365. The summed E-state index contributed by atoms with van der Waals surface area (Å²) >= 11 is 3.87. The van der Waals surface area contributed by atoms with Gasteiger partial charge in [0.05, 0.1) is 0 Å². The van der Waals surface area contributed by atoms with Gasteiger partial charge in [0, 0.05) is 0 Å². The summed E-state index contributed by atoms with van der Waals surface area (Å²) in [7, 11) is -0.365. The Morgan fingerprint density at radius 2 is 1.60 bits per heavy atom. The quantitative estimate of drug-likeness (QED) is 0.667. The largest absolute Gasteiger partial charge is 0.184 e. The van der Waals surface area contributed by atoms with Gasteiger partial charge in [0.25, 0.3) is 0 Å². The fourth-order valence-electron chi connectivity index (χ4n) is 0.896. The molecule has 0 atom stereocenters. The zero-order chi connectivity index (χ0) is 8.04. The molecular formula is C8H19BrS. The molecule has 0 rings (SSSR count). The lowest BCUT2D eigenvalue weighted by Gasteiger charge is -2.30. The van der Waals surface area contributed by atoms with Crippen LogP contribution in [0.2, 0.25) is 0 Å². The van der Waals surface area contributed by atoms with Gasteiger partial charge in [0.15, 0.2) is 0 Å². The Morgan fingerprint density at radius 3 is 1.90 bits per heavy atom. The molecule has 0 saturated carbocycles. The van der Waals surface area contributed by atoms with Crippen LogP contribution in [-0.4, -0.2) is 17.3 Å². The van der Waals surface area contributed by atoms with Gasteiger partial charge in [-0.25, -0.2) is 0 Å². The van der Waals surface area contributed by atoms with Gasteiger partial charge in [0.2, 0.25) is 0 Å². The van der Waals surface area contributed by atoms with E-state index in [1.807, 2.05) is 0 Å². The maximum Gasteiger partial charge on any atom is -0.0136 e. The fraction of sp³-hybridized carbons (Fsp3) is 1.00. The van der Waals surface area contributed by atoms with Crippen molar-refractivity contribution in [3.05, 3.63) is 0 Å². The molecule has 0 radical (unpaired) electrons. The Kier molecular flexibility index (Phi) is 5.93. The Morgan fingerprint density at radius 1 is 1.10 bits per heavy atom. The van der Waals surface area contributed by atoms with E-state index in [0.29, 0.717) is 0 Å². The van der Waals surface area contributed by atoms with Crippen molar-refractivity contribution in [2.45, 2.75) is 33.6 Å². The van der Waals surface area contributed by atoms with Crippen LogP contribution in [0.5, 0.6) is 0 Å². The van der Waals surface area contributed by atoms with E-state index in [0.717, 1.165) is 0 Å². The molecule has 0 fully saturated rings. The molecule has 0 aromatic carbocycles. The monoisotopic (exact) mass is 226 g/mol. The first-order valence-corrected chi connectivity index (χ1v) is 8.12. The molecule has 0 spiro atoms. The van der Waals surface area contributed by atoms with Gasteiger partial charge >= 0.3 is 0 Å². The minimum Gasteiger partial charge on any atom is -0.184 e. The van der Waals surface area contributed by atoms with E-state index in [1.165, 1.54) is 30.1 Å². The maximum atomic E-state index is 3.87. The molecule has 0 saturated heterocycles. The van der Waals surface area contributed by atoms with Crippen LogP contribution in [0.1, 0.15) is 33.6 Å². The summed E-state index contributed by atoms with van der Waals surface area (Å²) in [5, 5.41) is 0. The molecule has 0 bridgehead atoms. The first-order valence-electron chi connectivity index (χ1n) is 4.14. The van der Waals surface area contributed by atoms with Gasteiger partial charge in [-0.1, -0.05) is 27.2 Å². The SMILES string of the molecule is CCCCS(Br)(CC)CC. The number of hydrogen-bond acceptors (Lipinski definition) is 0. The first-order chi connectivity index (χ1) is 4.68. The Hall–Kier alpha value is 0.830. The van der Waals surface area contributed by atoms with E-state index >= 15 is 0 Å². The molecule has 0 aromatic heterocycles. The van der Waals surface area contributed by atoms with E-state index in [9.17, 15) is 0 Å². The van der Waals surface area contributed by atoms with Crippen LogP contribution in [-0.2, 0) is 0 Å². The molecule has 0 N–H and O–H groups in total. The van der Waals surface area contributed by atoms with Crippen molar-refractivity contribution in [1.29, 1.82) is 0 Å². The van der Waals surface area contributed by atoms with Crippen molar-refractivity contribution in [3.63, 3.8) is 0 Å². The molecule has 2 heteroatoms. The fourth-order valence-corrected chi connectivity index (χ4v) is 3.37. The Balaban J connectivity index is 3.58. The molecule has 0 aliphatic heterocycles. The van der Waals surface area contributed by atoms with Crippen LogP contribution in [0.4, 0.5) is 0 Å². The van der Waals surface area contributed by atoms with Crippen LogP contribution < -0.4 is 0 Å². The molecule has 0 aliphatic rings. The molecule has 0 aliphatic carbocycles. The molecule has 0 unspecified atom stereocenters. The summed E-state index contributed by atoms with van der Waals surface area (Å²) in [6.07, 6.45) is 2.72. The molecule has 10 heavy (non-hydrogen) atoms. The van der Waals surface area contributed by atoms with Crippen LogP contribution in [0, 0.1) is 0 Å². The highest BCUT2D eigenvalue weighted by Gasteiger charge is 2.13. The lowest BCUT2D eigenvalue weighted by molar-refractivity contribution is 0.892. The topological polar surface area (TPSA) is 0 Å². The van der Waals surface area contributed by atoms with E-state index in [1.54, 1.807) is 0 Å². The average Bonchev–Trinajstić information content (AvgIpc) is 2.00. The van der Waals surface area contributed by atoms with Gasteiger partial charge in [-0.2, -0.15) is 8.46 Å². The van der Waals surface area contributed by atoms with Gasteiger partial charge in [-0.15, -0.1) is 0 Å². The third kappa shape index (κ3) is 3.87. The number of hydrogen-bond donors (Lipinski definition) is 0. The van der Waals surface area contributed by atoms with Crippen LogP contribution >= 0.6 is 23.3 Å². The highest BCUT2D eigenvalue weighted by Crippen LogP contribution is 2.55. The van der Waals surface area contributed by atoms with Crippen molar-refractivity contribution in [3.8, 4) is 0 Å². The predicted molar refractivity (Wildman–Crippen MR) is 57.4 cm³/mol. The van der Waals surface area contributed by atoms with E-state index in [2.05, 4.69) is 35.6 Å². The predicted octanol–water partition coefficient (Wildman–Crippen LogP) is 3.94. The summed E-state index contributed by atoms with van der Waals surface area (Å²) in [6, 6.07) is 0. The standard InChI is InChI=1S/C8H19BrS/c1-4-7-8-10(9,5-2)6-3/h4-8H2,1-3H3. The summed E-state index contributed by atoms with van der Waals surface area (Å²) in [5.41, 5.74) is 0. The van der Waals surface area contributed by atoms with Crippen molar-refractivity contribution in [2.75, 3.05) is 17.3 Å². The minimum atomic E-state index is -0.365. The molecule has 0 amide bonds. The van der Waals surface area contributed by atoms with Crippen molar-refractivity contribution in [1.82, 2.24) is 0 Å². The highest BCUT2D eigenvalue weighted by atomic mass is 79.9. The smallest absolute Gasteiger partial charge is 0.0136 e. The second-order valence-corrected chi connectivity index (χ2v) is 10.1. The third-order valence-corrected chi connectivity index (χ3v) is 8.71. The highest BCUT2D eigenvalue weighted by molar-refractivity contribution is 9.58. The zero-order valence-electron chi connectivity index (χ0n) is 7.32. The van der Waals surface area contributed by atoms with Crippen LogP contribution in [0.15, 0.2) is 0 Å². The molecular weight excluding hydrogens is 208 g/mol. The molecule has 0 nitrogen and oxygen atoms in total. The maximum absolute atomic E-state index is 3.87. The summed E-state index contributed by atoms with van der Waals surface area (Å²) in [5.74, 6) is 4.09. The van der Waals surface area contributed by atoms with Gasteiger partial charge in [-0.05, 0) is 38.5 Å². The molecule has 0 aromatic rings. The van der Waals surface area contributed by atoms with Crippen molar-refractivity contribution in [2.24, 2.45) is 0 Å². The van der Waals surface area contributed by atoms with E-state index in [-0.39, 0.29) is 8.46 Å². The van der Waals surface area contributed by atoms with Crippen molar-refractivity contribution < 1.29 is 0 Å². The normalized spacial score (nSPS) is 13.6. The van der Waals surface area contributed by atoms with Gasteiger partial charge in [-0.3, -0.25) is 0 Å². The van der Waals surface area contributed by atoms with Crippen LogP contribution in [0.3, 0.4) is 0 Å². The Labute approximate surface area is 74.3 Å². The van der Waals surface area contributed by atoms with Crippen LogP contribution in [0.25, 0.3) is 0 Å². The second kappa shape index (κ2) is 5.48. The van der Waals surface area contributed by atoms with E-state index in [4.69, 9.17) is 0 Å². The number of halogens is 1. The zero-order valence-corrected chi connectivity index (χ0v) is 9.72. The van der Waals surface area contributed by atoms with Crippen molar-refractivity contribution >= 4 is 23.3 Å². The summed E-state index contributed by atoms with van der Waals surface area (Å²) in [4.78, 5) is 0. The first kappa shape index (κ1) is 10.8. The lowest BCUT2D eigenvalue weighted by Crippen LogP contribution is -2.02. The second-order valence-electron chi connectivity index (χ2n) is 2.57. The average molecular weight is 227 g/mol. The summed E-state index contributed by atoms with van der Waals surface area (Å²) < 4.78 is 0. The van der Waals surface area contributed by atoms with Gasteiger partial charge < -0.3 is 0 Å². The molecule has 64 valence electrons. The molecule has 0 heterocycles. The third-order valence-electron chi connectivity index (χ3n) is 1.90. The number of unbranched alkanes of at least 4 members (excludes halogenated alkanes) is 1.